The fourth-order valence-electron chi connectivity index (χ4n) is 2.39. The maximum absolute atomic E-state index is 12.2. The van der Waals surface area contributed by atoms with Crippen LogP contribution in [0.2, 0.25) is 0 Å². The van der Waals surface area contributed by atoms with Gasteiger partial charge in [-0.05, 0) is 50.6 Å². The van der Waals surface area contributed by atoms with Crippen LogP contribution in [0.4, 0.5) is 5.00 Å². The second kappa shape index (κ2) is 9.92. The molecule has 0 radical (unpaired) electrons. The predicted molar refractivity (Wildman–Crippen MR) is 108 cm³/mol. The molecule has 2 rings (SSSR count). The van der Waals surface area contributed by atoms with E-state index >= 15 is 0 Å². The van der Waals surface area contributed by atoms with E-state index < -0.39 is 30.6 Å². The zero-order chi connectivity index (χ0) is 21.6. The molecule has 29 heavy (non-hydrogen) atoms. The Balaban J connectivity index is 1.90. The van der Waals surface area contributed by atoms with Crippen LogP contribution in [0.15, 0.2) is 24.3 Å². The molecule has 1 aromatic heterocycles. The average molecular weight is 421 g/mol. The van der Waals surface area contributed by atoms with Crippen LogP contribution in [0.25, 0.3) is 0 Å². The van der Waals surface area contributed by atoms with Crippen LogP contribution in [0, 0.1) is 13.8 Å². The summed E-state index contributed by atoms with van der Waals surface area (Å²) in [7, 11) is 2.82. The Kier molecular flexibility index (Phi) is 7.60. The van der Waals surface area contributed by atoms with E-state index in [1.807, 2.05) is 6.92 Å². The van der Waals surface area contributed by atoms with Gasteiger partial charge in [-0.15, -0.1) is 11.3 Å². The first-order chi connectivity index (χ1) is 13.8. The third-order valence-corrected chi connectivity index (χ3v) is 5.20. The summed E-state index contributed by atoms with van der Waals surface area (Å²) in [6, 6.07) is 6.71. The lowest BCUT2D eigenvalue weighted by Crippen LogP contribution is -2.29. The molecule has 1 amide bonds. The first-order valence-electron chi connectivity index (χ1n) is 8.72. The first kappa shape index (κ1) is 22.2. The van der Waals surface area contributed by atoms with Gasteiger partial charge in [-0.2, -0.15) is 0 Å². The van der Waals surface area contributed by atoms with E-state index in [2.05, 4.69) is 5.32 Å². The summed E-state index contributed by atoms with van der Waals surface area (Å²) in [6.07, 6.45) is -0.909. The molecular formula is C20H23NO7S. The lowest BCUT2D eigenvalue weighted by Gasteiger charge is -2.14. The van der Waals surface area contributed by atoms with Crippen molar-refractivity contribution in [2.45, 2.75) is 26.9 Å². The minimum Gasteiger partial charge on any atom is -0.497 e. The van der Waals surface area contributed by atoms with Gasteiger partial charge >= 0.3 is 11.9 Å². The molecule has 0 aliphatic carbocycles. The fourth-order valence-corrected chi connectivity index (χ4v) is 3.45. The number of ether oxygens (including phenoxy) is 4. The monoisotopic (exact) mass is 421 g/mol. The molecule has 0 aliphatic rings. The van der Waals surface area contributed by atoms with Crippen molar-refractivity contribution in [3.05, 3.63) is 40.3 Å². The highest BCUT2D eigenvalue weighted by molar-refractivity contribution is 7.16. The lowest BCUT2D eigenvalue weighted by atomic mass is 10.1. The standard InChI is InChI=1S/C20H23NO7S/c1-11-13(3)29-18(17(11)20(24)26-5)21-16(22)10-27-19(23)12(2)28-15-8-6-14(25-4)7-9-15/h6-9,12H,10H2,1-5H3,(H,21,22). The Labute approximate surface area is 172 Å². The molecule has 1 aromatic carbocycles. The number of anilines is 1. The van der Waals surface area contributed by atoms with Crippen LogP contribution >= 0.6 is 11.3 Å². The van der Waals surface area contributed by atoms with E-state index in [4.69, 9.17) is 18.9 Å². The van der Waals surface area contributed by atoms with Crippen molar-refractivity contribution in [2.24, 2.45) is 0 Å². The Morgan fingerprint density at radius 3 is 2.28 bits per heavy atom. The highest BCUT2D eigenvalue weighted by atomic mass is 32.1. The number of methoxy groups -OCH3 is 2. The zero-order valence-corrected chi connectivity index (χ0v) is 17.7. The van der Waals surface area contributed by atoms with Crippen molar-refractivity contribution in [1.82, 2.24) is 0 Å². The number of amides is 1. The average Bonchev–Trinajstić information content (AvgIpc) is 2.99. The van der Waals surface area contributed by atoms with E-state index in [1.54, 1.807) is 38.3 Å². The Morgan fingerprint density at radius 2 is 1.69 bits per heavy atom. The number of benzene rings is 1. The van der Waals surface area contributed by atoms with Crippen molar-refractivity contribution in [3.8, 4) is 11.5 Å². The van der Waals surface area contributed by atoms with E-state index in [0.717, 1.165) is 10.4 Å². The molecule has 1 atom stereocenters. The molecule has 0 saturated carbocycles. The molecule has 1 unspecified atom stereocenters. The molecule has 2 aromatic rings. The van der Waals surface area contributed by atoms with Crippen LogP contribution in [0.3, 0.4) is 0 Å². The molecule has 8 nitrogen and oxygen atoms in total. The second-order valence-corrected chi connectivity index (χ2v) is 7.30. The van der Waals surface area contributed by atoms with E-state index in [0.29, 0.717) is 22.1 Å². The quantitative estimate of drug-likeness (QED) is 0.654. The number of thiophene rings is 1. The number of esters is 2. The van der Waals surface area contributed by atoms with Gasteiger partial charge in [0.2, 0.25) is 0 Å². The maximum atomic E-state index is 12.2. The van der Waals surface area contributed by atoms with Gasteiger partial charge < -0.3 is 24.3 Å². The molecule has 0 spiro atoms. The van der Waals surface area contributed by atoms with Crippen molar-refractivity contribution in [2.75, 3.05) is 26.1 Å². The van der Waals surface area contributed by atoms with E-state index in [-0.39, 0.29) is 0 Å². The molecule has 0 fully saturated rings. The molecule has 156 valence electrons. The van der Waals surface area contributed by atoms with Gasteiger partial charge in [0, 0.05) is 4.88 Å². The third-order valence-electron chi connectivity index (χ3n) is 4.08. The summed E-state index contributed by atoms with van der Waals surface area (Å²) in [4.78, 5) is 37.1. The fraction of sp³-hybridized carbons (Fsp3) is 0.350. The summed E-state index contributed by atoms with van der Waals surface area (Å²) in [5.74, 6) is -0.675. The Bertz CT molecular complexity index is 889. The van der Waals surface area contributed by atoms with Crippen LogP contribution in [-0.4, -0.2) is 44.8 Å². The molecule has 1 N–H and O–H groups in total. The summed E-state index contributed by atoms with van der Waals surface area (Å²) in [5.41, 5.74) is 1.03. The number of nitrogens with one attached hydrogen (secondary N) is 1. The van der Waals surface area contributed by atoms with Gasteiger partial charge in [0.05, 0.1) is 19.8 Å². The SMILES string of the molecule is COC(=O)c1c(NC(=O)COC(=O)C(C)Oc2ccc(OC)cc2)sc(C)c1C. The van der Waals surface area contributed by atoms with Crippen molar-refractivity contribution >= 4 is 34.2 Å². The Hall–Kier alpha value is -3.07. The van der Waals surface area contributed by atoms with Crippen molar-refractivity contribution < 1.29 is 33.3 Å². The number of aryl methyl sites for hydroxylation is 1. The number of carbonyl (C=O) groups is 3. The number of carbonyl (C=O) groups excluding carboxylic acids is 3. The van der Waals surface area contributed by atoms with Gasteiger partial charge in [-0.25, -0.2) is 9.59 Å². The van der Waals surface area contributed by atoms with Gasteiger partial charge in [0.25, 0.3) is 5.91 Å². The molecule has 1 heterocycles. The van der Waals surface area contributed by atoms with Crippen LogP contribution in [-0.2, 0) is 19.1 Å². The van der Waals surface area contributed by atoms with Crippen molar-refractivity contribution in [1.29, 1.82) is 0 Å². The second-order valence-electron chi connectivity index (χ2n) is 6.07. The minimum atomic E-state index is -0.909. The topological polar surface area (TPSA) is 100 Å². The van der Waals surface area contributed by atoms with E-state index in [1.165, 1.54) is 25.4 Å². The number of hydrogen-bond acceptors (Lipinski definition) is 8. The van der Waals surface area contributed by atoms with Crippen LogP contribution in [0.5, 0.6) is 11.5 Å². The van der Waals surface area contributed by atoms with Crippen LogP contribution < -0.4 is 14.8 Å². The predicted octanol–water partition coefficient (Wildman–Crippen LogP) is 3.11. The first-order valence-corrected chi connectivity index (χ1v) is 9.54. The van der Waals surface area contributed by atoms with Crippen molar-refractivity contribution in [3.63, 3.8) is 0 Å². The van der Waals surface area contributed by atoms with Gasteiger partial charge in [-0.1, -0.05) is 0 Å². The third kappa shape index (κ3) is 5.71. The zero-order valence-electron chi connectivity index (χ0n) is 16.9. The normalized spacial score (nSPS) is 11.3. The largest absolute Gasteiger partial charge is 0.497 e. The smallest absolute Gasteiger partial charge is 0.347 e. The van der Waals surface area contributed by atoms with Gasteiger partial charge in [0.1, 0.15) is 16.5 Å². The Morgan fingerprint density at radius 1 is 1.07 bits per heavy atom. The highest BCUT2D eigenvalue weighted by Crippen LogP contribution is 2.32. The van der Waals surface area contributed by atoms with E-state index in [9.17, 15) is 14.4 Å². The van der Waals surface area contributed by atoms with Crippen LogP contribution in [0.1, 0.15) is 27.7 Å². The highest BCUT2D eigenvalue weighted by Gasteiger charge is 2.23. The summed E-state index contributed by atoms with van der Waals surface area (Å²) in [5, 5.41) is 2.95. The molecule has 0 saturated heterocycles. The molecule has 9 heteroatoms. The minimum absolute atomic E-state index is 0.297. The molecule has 0 bridgehead atoms. The summed E-state index contributed by atoms with van der Waals surface area (Å²) < 4.78 is 20.3. The lowest BCUT2D eigenvalue weighted by molar-refractivity contribution is -0.153. The number of hydrogen-bond donors (Lipinski definition) is 1. The molecular weight excluding hydrogens is 398 g/mol. The number of rotatable bonds is 8. The maximum Gasteiger partial charge on any atom is 0.347 e. The summed E-state index contributed by atoms with van der Waals surface area (Å²) in [6.45, 7) is 4.61. The summed E-state index contributed by atoms with van der Waals surface area (Å²) >= 11 is 1.25. The van der Waals surface area contributed by atoms with Gasteiger partial charge in [0.15, 0.2) is 12.7 Å². The molecule has 0 aliphatic heterocycles. The van der Waals surface area contributed by atoms with Gasteiger partial charge in [-0.3, -0.25) is 4.79 Å².